The summed E-state index contributed by atoms with van der Waals surface area (Å²) >= 11 is 1.01. The molecule has 0 aliphatic carbocycles. The van der Waals surface area contributed by atoms with E-state index in [0.29, 0.717) is 49.2 Å². The molecule has 3 aromatic rings. The number of halogens is 2. The molecule has 0 radical (unpaired) electrons. The summed E-state index contributed by atoms with van der Waals surface area (Å²) in [7, 11) is -3.94. The number of nitrogens with one attached hydrogen (secondary N) is 1. The van der Waals surface area contributed by atoms with E-state index < -0.39 is 42.4 Å². The zero-order valence-corrected chi connectivity index (χ0v) is 26.3. The summed E-state index contributed by atoms with van der Waals surface area (Å²) < 4.78 is 48.1. The van der Waals surface area contributed by atoms with Crippen molar-refractivity contribution in [3.63, 3.8) is 0 Å². The number of fused-ring (bicyclic) bond motifs is 2. The molecule has 3 aliphatic heterocycles. The molecule has 3 N–H and O–H groups in total. The van der Waals surface area contributed by atoms with Crippen LogP contribution in [-0.2, 0) is 37.2 Å². The van der Waals surface area contributed by atoms with Crippen molar-refractivity contribution in [1.29, 1.82) is 0 Å². The van der Waals surface area contributed by atoms with Crippen LogP contribution < -0.4 is 5.32 Å². The number of aryl methyl sites for hydroxylation is 1. The van der Waals surface area contributed by atoms with Crippen LogP contribution in [0.4, 0.5) is 8.78 Å². The molecule has 45 heavy (non-hydrogen) atoms. The number of hydrogen-bond acceptors (Lipinski definition) is 8. The highest BCUT2D eigenvalue weighted by molar-refractivity contribution is 7.52. The molecule has 2 aromatic heterocycles. The fraction of sp³-hybridized carbons (Fsp3) is 0.536. The van der Waals surface area contributed by atoms with Gasteiger partial charge >= 0.3 is 13.3 Å². The van der Waals surface area contributed by atoms with E-state index in [-0.39, 0.29) is 41.2 Å². The molecule has 0 unspecified atom stereocenters. The number of likely N-dealkylation sites (tertiary alicyclic amines) is 1. The second-order valence-electron chi connectivity index (χ2n) is 11.8. The molecular weight excluding hydrogens is 633 g/mol. The molecule has 242 valence electrons. The maximum absolute atomic E-state index is 14.3. The number of amides is 3. The third kappa shape index (κ3) is 5.46. The van der Waals surface area contributed by atoms with Gasteiger partial charge in [0.1, 0.15) is 18.4 Å². The second kappa shape index (κ2) is 11.5. The number of benzene rings is 1. The van der Waals surface area contributed by atoms with Gasteiger partial charge in [0, 0.05) is 30.0 Å². The number of carbonyl (C=O) groups is 3. The molecule has 17 heteroatoms. The molecule has 3 amide bonds. The number of thiophene rings is 1. The van der Waals surface area contributed by atoms with Crippen molar-refractivity contribution in [2.24, 2.45) is 7.05 Å². The number of carbonyl (C=O) groups excluding carboxylic acids is 3. The van der Waals surface area contributed by atoms with Crippen LogP contribution in [0.25, 0.3) is 10.1 Å². The minimum Gasteiger partial charge on any atom is -0.363 e. The molecule has 1 aromatic carbocycles. The van der Waals surface area contributed by atoms with E-state index in [2.05, 4.69) is 15.5 Å². The monoisotopic (exact) mass is 666 g/mol. The number of hydrogen-bond donors (Lipinski definition) is 3. The van der Waals surface area contributed by atoms with Crippen LogP contribution >= 0.6 is 18.9 Å². The molecule has 13 nitrogen and oxygen atoms in total. The largest absolute Gasteiger partial charge is 0.399 e. The van der Waals surface area contributed by atoms with E-state index in [9.17, 15) is 27.7 Å². The first-order valence-corrected chi connectivity index (χ1v) is 17.1. The van der Waals surface area contributed by atoms with Crippen molar-refractivity contribution in [3.8, 4) is 0 Å². The zero-order valence-electron chi connectivity index (χ0n) is 24.6. The SMILES string of the molecule is CCOC1(c2nncn2C)CN(C(=O)[C@@H]2CC[C@@H]3CCC[C@H](NC(=O)c4cc5cc(C(F)(F)P(=O)(O)O)ccc5s4)C(=O)N32)C1. The molecule has 3 atom stereocenters. The van der Waals surface area contributed by atoms with Crippen LogP contribution in [0.1, 0.15) is 60.1 Å². The van der Waals surface area contributed by atoms with Crippen molar-refractivity contribution in [3.05, 3.63) is 46.9 Å². The Balaban J connectivity index is 1.16. The van der Waals surface area contributed by atoms with Crippen LogP contribution in [0.15, 0.2) is 30.6 Å². The summed E-state index contributed by atoms with van der Waals surface area (Å²) in [6.07, 6.45) is 4.50. The van der Waals surface area contributed by atoms with Gasteiger partial charge in [0.15, 0.2) is 11.4 Å². The first kappa shape index (κ1) is 31.7. The molecule has 3 saturated heterocycles. The molecule has 0 saturated carbocycles. The number of alkyl halides is 2. The highest BCUT2D eigenvalue weighted by Gasteiger charge is 2.54. The fourth-order valence-corrected chi connectivity index (χ4v) is 8.10. The summed E-state index contributed by atoms with van der Waals surface area (Å²) in [5.41, 5.74) is -6.02. The van der Waals surface area contributed by atoms with Crippen LogP contribution in [0.5, 0.6) is 0 Å². The first-order valence-electron chi connectivity index (χ1n) is 14.6. The van der Waals surface area contributed by atoms with Crippen molar-refractivity contribution >= 4 is 46.7 Å². The van der Waals surface area contributed by atoms with Crippen LogP contribution in [0.3, 0.4) is 0 Å². The van der Waals surface area contributed by atoms with Crippen molar-refractivity contribution < 1.29 is 42.3 Å². The minimum absolute atomic E-state index is 0.122. The molecule has 3 fully saturated rings. The molecular formula is C28H33F2N6O7PS. The van der Waals surface area contributed by atoms with Gasteiger partial charge in [-0.2, -0.15) is 8.78 Å². The van der Waals surface area contributed by atoms with E-state index in [1.54, 1.807) is 20.7 Å². The van der Waals surface area contributed by atoms with E-state index in [4.69, 9.17) is 14.5 Å². The topological polar surface area (TPSA) is 167 Å². The van der Waals surface area contributed by atoms with Gasteiger partial charge in [-0.15, -0.1) is 21.5 Å². The maximum Gasteiger partial charge on any atom is 0.399 e. The predicted octanol–water partition coefficient (Wildman–Crippen LogP) is 2.67. The fourth-order valence-electron chi connectivity index (χ4n) is 6.68. The Morgan fingerprint density at radius 2 is 1.96 bits per heavy atom. The maximum atomic E-state index is 14.3. The van der Waals surface area contributed by atoms with Gasteiger partial charge in [-0.25, -0.2) is 0 Å². The smallest absolute Gasteiger partial charge is 0.363 e. The van der Waals surface area contributed by atoms with Crippen molar-refractivity contribution in [2.75, 3.05) is 19.7 Å². The molecule has 3 aliphatic rings. The van der Waals surface area contributed by atoms with Gasteiger partial charge in [0.25, 0.3) is 5.91 Å². The van der Waals surface area contributed by atoms with Gasteiger partial charge in [-0.3, -0.25) is 18.9 Å². The molecule has 0 spiro atoms. The lowest BCUT2D eigenvalue weighted by molar-refractivity contribution is -0.179. The lowest BCUT2D eigenvalue weighted by atomic mass is 9.91. The van der Waals surface area contributed by atoms with Crippen molar-refractivity contribution in [2.45, 2.75) is 68.4 Å². The number of nitrogens with zero attached hydrogens (tertiary/aromatic N) is 5. The average Bonchev–Trinajstić information content (AvgIpc) is 3.68. The Kier molecular flexibility index (Phi) is 8.09. The number of ether oxygens (including phenoxy) is 1. The summed E-state index contributed by atoms with van der Waals surface area (Å²) in [5.74, 6) is -0.468. The summed E-state index contributed by atoms with van der Waals surface area (Å²) in [4.78, 5) is 62.5. The molecule has 6 rings (SSSR count). The quantitative estimate of drug-likeness (QED) is 0.306. The van der Waals surface area contributed by atoms with Crippen LogP contribution in [0.2, 0.25) is 0 Å². The highest BCUT2D eigenvalue weighted by Crippen LogP contribution is 2.59. The number of rotatable bonds is 8. The third-order valence-electron chi connectivity index (χ3n) is 8.87. The zero-order chi connectivity index (χ0) is 32.3. The van der Waals surface area contributed by atoms with E-state index in [0.717, 1.165) is 23.5 Å². The Morgan fingerprint density at radius 3 is 2.62 bits per heavy atom. The van der Waals surface area contributed by atoms with Gasteiger partial charge in [-0.1, -0.05) is 6.07 Å². The minimum atomic E-state index is -5.76. The molecule has 5 heterocycles. The summed E-state index contributed by atoms with van der Waals surface area (Å²) in [6, 6.07) is 2.83. The van der Waals surface area contributed by atoms with Crippen LogP contribution in [0, 0.1) is 0 Å². The first-order chi connectivity index (χ1) is 21.3. The standard InChI is InChI=1S/C28H33F2N6O7PS/c1-3-43-27(26-33-31-15-34(26)2)13-35(14-27)25(39)20-9-8-18-5-4-6-19(24(38)36(18)20)32-23(37)22-12-16-11-17(7-10-21(16)45-22)28(29,30)44(40,41)42/h7,10-12,15,18-20H,3-6,8-9,13-14H2,1-2H3,(H,32,37)(H2,40,41,42)/t18-,19-,20-/m0/s1. The summed E-state index contributed by atoms with van der Waals surface area (Å²) in [6.45, 7) is 2.86. The Bertz CT molecular complexity index is 1700. The predicted molar refractivity (Wildman–Crippen MR) is 157 cm³/mol. The highest BCUT2D eigenvalue weighted by atomic mass is 32.1. The summed E-state index contributed by atoms with van der Waals surface area (Å²) in [5, 5.41) is 11.1. The Hall–Kier alpha value is -3.30. The van der Waals surface area contributed by atoms with Crippen molar-refractivity contribution in [1.82, 2.24) is 29.9 Å². The number of aromatic nitrogens is 3. The Morgan fingerprint density at radius 1 is 1.20 bits per heavy atom. The van der Waals surface area contributed by atoms with Crippen LogP contribution in [-0.4, -0.2) is 89.9 Å². The lowest BCUT2D eigenvalue weighted by Crippen LogP contribution is -2.66. The van der Waals surface area contributed by atoms with Gasteiger partial charge in [0.05, 0.1) is 18.0 Å². The van der Waals surface area contributed by atoms with Gasteiger partial charge in [-0.05, 0) is 62.6 Å². The second-order valence-corrected chi connectivity index (χ2v) is 14.5. The molecule has 0 bridgehead atoms. The Labute approximate surface area is 260 Å². The van der Waals surface area contributed by atoms with Gasteiger partial charge in [0.2, 0.25) is 11.8 Å². The van der Waals surface area contributed by atoms with E-state index in [1.807, 2.05) is 14.0 Å². The normalized spacial score (nSPS) is 23.5. The lowest BCUT2D eigenvalue weighted by Gasteiger charge is -2.49. The third-order valence-corrected chi connectivity index (χ3v) is 11.0. The van der Waals surface area contributed by atoms with E-state index in [1.165, 1.54) is 12.1 Å². The average molecular weight is 667 g/mol. The van der Waals surface area contributed by atoms with E-state index >= 15 is 0 Å². The van der Waals surface area contributed by atoms with Gasteiger partial charge < -0.3 is 34.2 Å².